The summed E-state index contributed by atoms with van der Waals surface area (Å²) in [6, 6.07) is 13.8. The molecule has 1 fully saturated rings. The summed E-state index contributed by atoms with van der Waals surface area (Å²) in [4.78, 5) is 22.4. The van der Waals surface area contributed by atoms with Gasteiger partial charge in [-0.05, 0) is 11.6 Å². The van der Waals surface area contributed by atoms with Crippen LogP contribution in [0.5, 0.6) is 0 Å². The van der Waals surface area contributed by atoms with Crippen molar-refractivity contribution in [2.45, 2.75) is 18.3 Å². The van der Waals surface area contributed by atoms with E-state index in [0.29, 0.717) is 25.5 Å². The van der Waals surface area contributed by atoms with E-state index in [-0.39, 0.29) is 12.3 Å². The second kappa shape index (κ2) is 8.25. The smallest absolute Gasteiger partial charge is 0.236 e. The number of aryl methyl sites for hydroxylation is 1. The van der Waals surface area contributed by atoms with Gasteiger partial charge in [-0.3, -0.25) is 9.48 Å². The molecule has 0 bridgehead atoms. The summed E-state index contributed by atoms with van der Waals surface area (Å²) in [5, 5.41) is 25.3. The molecule has 0 unspecified atom stereocenters. The molecule has 9 nitrogen and oxygen atoms in total. The molecule has 1 aromatic carbocycles. The Morgan fingerprint density at radius 2 is 1.97 bits per heavy atom. The lowest BCUT2D eigenvalue weighted by Crippen LogP contribution is -2.61. The Bertz CT molecular complexity index is 1180. The number of rotatable bonds is 6. The second-order valence-electron chi connectivity index (χ2n) is 7.57. The lowest BCUT2D eigenvalue weighted by Gasteiger charge is -2.49. The van der Waals surface area contributed by atoms with Gasteiger partial charge in [-0.15, -0.1) is 0 Å². The molecule has 154 valence electrons. The highest BCUT2D eigenvalue weighted by molar-refractivity contribution is 5.79. The number of aromatic nitrogens is 4. The van der Waals surface area contributed by atoms with Gasteiger partial charge >= 0.3 is 0 Å². The molecule has 1 saturated heterocycles. The van der Waals surface area contributed by atoms with E-state index in [2.05, 4.69) is 26.5 Å². The van der Waals surface area contributed by atoms with Gasteiger partial charge in [0.05, 0.1) is 29.7 Å². The van der Waals surface area contributed by atoms with Crippen molar-refractivity contribution in [3.63, 3.8) is 0 Å². The number of nitrogens with zero attached hydrogens (tertiary/aromatic N) is 7. The maximum absolute atomic E-state index is 11.9. The number of carbonyl (C=O) groups excluding carboxylic acids is 1. The highest BCUT2D eigenvalue weighted by atomic mass is 16.2. The van der Waals surface area contributed by atoms with Gasteiger partial charge in [0.2, 0.25) is 11.9 Å². The van der Waals surface area contributed by atoms with Crippen molar-refractivity contribution in [3.8, 4) is 23.4 Å². The van der Waals surface area contributed by atoms with Crippen molar-refractivity contribution < 1.29 is 4.79 Å². The van der Waals surface area contributed by atoms with Gasteiger partial charge < -0.3 is 10.2 Å². The molecule has 0 saturated carbocycles. The first kappa shape index (κ1) is 20.0. The number of anilines is 2. The minimum absolute atomic E-state index is 0.134. The molecule has 1 aliphatic rings. The van der Waals surface area contributed by atoms with Crippen LogP contribution in [-0.2, 0) is 17.3 Å². The molecule has 1 amide bonds. The molecule has 1 N–H and O–H groups in total. The third kappa shape index (κ3) is 4.07. The van der Waals surface area contributed by atoms with E-state index in [0.717, 1.165) is 22.5 Å². The first-order chi connectivity index (χ1) is 15.0. The Hall–Kier alpha value is -4.24. The summed E-state index contributed by atoms with van der Waals surface area (Å²) < 4.78 is 1.69. The molecule has 0 radical (unpaired) electrons. The Balaban J connectivity index is 1.51. The van der Waals surface area contributed by atoms with E-state index in [1.54, 1.807) is 22.0 Å². The van der Waals surface area contributed by atoms with E-state index in [1.165, 1.54) is 0 Å². The molecule has 0 aliphatic carbocycles. The normalized spacial score (nSPS) is 14.2. The highest BCUT2D eigenvalue weighted by Gasteiger charge is 2.46. The van der Waals surface area contributed by atoms with E-state index in [9.17, 15) is 10.1 Å². The molecule has 2 aromatic heterocycles. The predicted molar refractivity (Wildman–Crippen MR) is 113 cm³/mol. The van der Waals surface area contributed by atoms with Crippen molar-refractivity contribution in [1.29, 1.82) is 10.5 Å². The van der Waals surface area contributed by atoms with Crippen molar-refractivity contribution in [1.82, 2.24) is 24.6 Å². The van der Waals surface area contributed by atoms with Crippen LogP contribution in [0.2, 0.25) is 0 Å². The molecule has 31 heavy (non-hydrogen) atoms. The number of amides is 1. The fourth-order valence-corrected chi connectivity index (χ4v) is 3.78. The van der Waals surface area contributed by atoms with Gasteiger partial charge in [-0.2, -0.15) is 15.6 Å². The van der Waals surface area contributed by atoms with Gasteiger partial charge in [0.25, 0.3) is 0 Å². The number of nitriles is 2. The molecule has 0 atom stereocenters. The molecule has 0 spiro atoms. The molecule has 9 heteroatoms. The number of hydrogen-bond donors (Lipinski definition) is 1. The van der Waals surface area contributed by atoms with Crippen LogP contribution in [0.4, 0.5) is 11.6 Å². The lowest BCUT2D eigenvalue weighted by atomic mass is 9.71. The number of hydrogen-bond acceptors (Lipinski definition) is 7. The van der Waals surface area contributed by atoms with Gasteiger partial charge in [0.15, 0.2) is 0 Å². The van der Waals surface area contributed by atoms with E-state index in [4.69, 9.17) is 5.26 Å². The molecule has 4 rings (SSSR count). The van der Waals surface area contributed by atoms with Gasteiger partial charge in [0.1, 0.15) is 6.42 Å². The van der Waals surface area contributed by atoms with Crippen LogP contribution in [0.1, 0.15) is 18.4 Å². The number of carbonyl (C=O) groups is 1. The van der Waals surface area contributed by atoms with Crippen LogP contribution < -0.4 is 5.32 Å². The minimum Gasteiger partial charge on any atom is -0.340 e. The maximum atomic E-state index is 11.9. The van der Waals surface area contributed by atoms with Crippen molar-refractivity contribution in [3.05, 3.63) is 54.5 Å². The third-order valence-corrected chi connectivity index (χ3v) is 5.40. The largest absolute Gasteiger partial charge is 0.340 e. The summed E-state index contributed by atoms with van der Waals surface area (Å²) in [5.41, 5.74) is 3.10. The van der Waals surface area contributed by atoms with Crippen LogP contribution in [0.25, 0.3) is 11.3 Å². The summed E-state index contributed by atoms with van der Waals surface area (Å²) in [7, 11) is 1.84. The average molecular weight is 412 g/mol. The van der Waals surface area contributed by atoms with E-state index >= 15 is 0 Å². The summed E-state index contributed by atoms with van der Waals surface area (Å²) >= 11 is 0. The standard InChI is InChI=1S/C22H20N8O/c1-29-13-18(12-26-29)27-21-25-11-7-19(28-21)16-2-4-17(5-3-16)22(8-10-24)14-30(15-22)20(31)6-9-23/h2-5,7,11-13H,6,8,14-15H2,1H3,(H,25,27,28). The van der Waals surface area contributed by atoms with Gasteiger partial charge in [-0.25, -0.2) is 9.97 Å². The molecule has 1 aliphatic heterocycles. The van der Waals surface area contributed by atoms with Crippen LogP contribution in [0.3, 0.4) is 0 Å². The zero-order valence-corrected chi connectivity index (χ0v) is 17.0. The molecule has 3 heterocycles. The summed E-state index contributed by atoms with van der Waals surface area (Å²) in [5.74, 6) is 0.281. The average Bonchev–Trinajstić information content (AvgIpc) is 3.15. The first-order valence-electron chi connectivity index (χ1n) is 9.74. The zero-order valence-electron chi connectivity index (χ0n) is 17.0. The SMILES string of the molecule is Cn1cc(Nc2nccc(-c3ccc(C4(CC#N)CN(C(=O)CC#N)C4)cc3)n2)cn1. The molecular weight excluding hydrogens is 392 g/mol. The third-order valence-electron chi connectivity index (χ3n) is 5.40. The van der Waals surface area contributed by atoms with Crippen LogP contribution in [0, 0.1) is 22.7 Å². The topological polar surface area (TPSA) is 124 Å². The van der Waals surface area contributed by atoms with Crippen molar-refractivity contribution in [2.75, 3.05) is 18.4 Å². The fraction of sp³-hybridized carbons (Fsp3) is 0.273. The Labute approximate surface area is 179 Å². The monoisotopic (exact) mass is 412 g/mol. The summed E-state index contributed by atoms with van der Waals surface area (Å²) in [6.07, 6.45) is 5.41. The Morgan fingerprint density at radius 3 is 2.61 bits per heavy atom. The highest BCUT2D eigenvalue weighted by Crippen LogP contribution is 2.38. The lowest BCUT2D eigenvalue weighted by molar-refractivity contribution is -0.137. The summed E-state index contributed by atoms with van der Waals surface area (Å²) in [6.45, 7) is 0.903. The van der Waals surface area contributed by atoms with E-state index < -0.39 is 5.41 Å². The first-order valence-corrected chi connectivity index (χ1v) is 9.74. The van der Waals surface area contributed by atoms with Crippen molar-refractivity contribution >= 4 is 17.5 Å². The van der Waals surface area contributed by atoms with Crippen LogP contribution >= 0.6 is 0 Å². The number of likely N-dealkylation sites (tertiary alicyclic amines) is 1. The Morgan fingerprint density at radius 1 is 1.19 bits per heavy atom. The maximum Gasteiger partial charge on any atom is 0.236 e. The number of nitrogens with one attached hydrogen (secondary N) is 1. The quantitative estimate of drug-likeness (QED) is 0.660. The number of benzene rings is 1. The van der Waals surface area contributed by atoms with Crippen LogP contribution in [0.15, 0.2) is 48.9 Å². The van der Waals surface area contributed by atoms with Gasteiger partial charge in [0, 0.05) is 49.9 Å². The zero-order chi connectivity index (χ0) is 21.8. The van der Waals surface area contributed by atoms with Gasteiger partial charge in [-0.1, -0.05) is 24.3 Å². The minimum atomic E-state index is -0.392. The fourth-order valence-electron chi connectivity index (χ4n) is 3.78. The predicted octanol–water partition coefficient (Wildman–Crippen LogP) is 2.53. The molecule has 3 aromatic rings. The second-order valence-corrected chi connectivity index (χ2v) is 7.57. The van der Waals surface area contributed by atoms with Crippen molar-refractivity contribution in [2.24, 2.45) is 7.05 Å². The van der Waals surface area contributed by atoms with E-state index in [1.807, 2.05) is 49.6 Å². The molecular formula is C22H20N8O. The Kier molecular flexibility index (Phi) is 5.33. The van der Waals surface area contributed by atoms with Crippen LogP contribution in [-0.4, -0.2) is 43.6 Å².